The summed E-state index contributed by atoms with van der Waals surface area (Å²) in [6.07, 6.45) is 3.64. The molecule has 2 fully saturated rings. The third-order valence-electron chi connectivity index (χ3n) is 5.14. The Labute approximate surface area is 153 Å². The molecule has 0 bridgehead atoms. The van der Waals surface area contributed by atoms with Gasteiger partial charge in [-0.2, -0.15) is 0 Å². The SMILES string of the molecule is CCNC(=NCC(C)CN1CCOCC1)N(C)CCC1CCOCC1. The number of hydrogen-bond acceptors (Lipinski definition) is 4. The maximum atomic E-state index is 5.46. The lowest BCUT2D eigenvalue weighted by Crippen LogP contribution is -2.41. The Kier molecular flexibility index (Phi) is 9.58. The Morgan fingerprint density at radius 1 is 1.20 bits per heavy atom. The molecule has 2 saturated heterocycles. The van der Waals surface area contributed by atoms with E-state index in [0.29, 0.717) is 5.92 Å². The highest BCUT2D eigenvalue weighted by atomic mass is 16.5. The van der Waals surface area contributed by atoms with Gasteiger partial charge in [0.2, 0.25) is 0 Å². The maximum absolute atomic E-state index is 5.46. The largest absolute Gasteiger partial charge is 0.381 e. The zero-order valence-electron chi connectivity index (χ0n) is 16.5. The van der Waals surface area contributed by atoms with Gasteiger partial charge in [0, 0.05) is 59.5 Å². The summed E-state index contributed by atoms with van der Waals surface area (Å²) in [4.78, 5) is 9.68. The molecule has 0 aromatic carbocycles. The van der Waals surface area contributed by atoms with Gasteiger partial charge in [0.15, 0.2) is 5.96 Å². The fourth-order valence-corrected chi connectivity index (χ4v) is 3.51. The molecule has 1 atom stereocenters. The molecule has 0 saturated carbocycles. The summed E-state index contributed by atoms with van der Waals surface area (Å²) in [6.45, 7) is 14.1. The van der Waals surface area contributed by atoms with E-state index in [9.17, 15) is 0 Å². The second-order valence-electron chi connectivity index (χ2n) is 7.48. The number of aliphatic imine (C=N–C) groups is 1. The van der Waals surface area contributed by atoms with Crippen molar-refractivity contribution in [2.24, 2.45) is 16.8 Å². The molecular weight excluding hydrogens is 316 g/mol. The van der Waals surface area contributed by atoms with Crippen molar-refractivity contribution < 1.29 is 9.47 Å². The van der Waals surface area contributed by atoms with Crippen molar-refractivity contribution in [3.8, 4) is 0 Å². The minimum absolute atomic E-state index is 0.565. The summed E-state index contributed by atoms with van der Waals surface area (Å²) in [7, 11) is 2.16. The van der Waals surface area contributed by atoms with Gasteiger partial charge in [0.05, 0.1) is 13.2 Å². The lowest BCUT2D eigenvalue weighted by molar-refractivity contribution is 0.0323. The van der Waals surface area contributed by atoms with Crippen molar-refractivity contribution in [3.63, 3.8) is 0 Å². The van der Waals surface area contributed by atoms with Crippen LogP contribution in [-0.4, -0.2) is 88.5 Å². The topological polar surface area (TPSA) is 49.3 Å². The van der Waals surface area contributed by atoms with Crippen LogP contribution in [0.25, 0.3) is 0 Å². The van der Waals surface area contributed by atoms with Crippen LogP contribution in [0.5, 0.6) is 0 Å². The van der Waals surface area contributed by atoms with Gasteiger partial charge in [-0.3, -0.25) is 9.89 Å². The molecule has 6 nitrogen and oxygen atoms in total. The van der Waals surface area contributed by atoms with Crippen LogP contribution in [0.3, 0.4) is 0 Å². The first kappa shape index (κ1) is 20.5. The molecule has 0 aromatic heterocycles. The molecule has 0 radical (unpaired) electrons. The summed E-state index contributed by atoms with van der Waals surface area (Å²) >= 11 is 0. The van der Waals surface area contributed by atoms with Gasteiger partial charge < -0.3 is 19.7 Å². The van der Waals surface area contributed by atoms with E-state index in [1.807, 2.05) is 0 Å². The second kappa shape index (κ2) is 11.7. The van der Waals surface area contributed by atoms with E-state index in [1.165, 1.54) is 19.3 Å². The van der Waals surface area contributed by atoms with E-state index in [2.05, 4.69) is 36.0 Å². The summed E-state index contributed by atoms with van der Waals surface area (Å²) in [5.74, 6) is 2.42. The first-order valence-electron chi connectivity index (χ1n) is 10.1. The van der Waals surface area contributed by atoms with Crippen LogP contribution in [-0.2, 0) is 9.47 Å². The minimum atomic E-state index is 0.565. The third-order valence-corrected chi connectivity index (χ3v) is 5.14. The summed E-state index contributed by atoms with van der Waals surface area (Å²) in [6, 6.07) is 0. The molecular formula is C19H38N4O2. The second-order valence-corrected chi connectivity index (χ2v) is 7.48. The monoisotopic (exact) mass is 354 g/mol. The first-order valence-corrected chi connectivity index (χ1v) is 10.1. The smallest absolute Gasteiger partial charge is 0.193 e. The molecule has 0 spiro atoms. The van der Waals surface area contributed by atoms with Crippen molar-refractivity contribution in [1.82, 2.24) is 15.1 Å². The predicted octanol–water partition coefficient (Wildman–Crippen LogP) is 1.67. The number of morpholine rings is 1. The van der Waals surface area contributed by atoms with Crippen LogP contribution in [0, 0.1) is 11.8 Å². The van der Waals surface area contributed by atoms with Crippen LogP contribution >= 0.6 is 0 Å². The van der Waals surface area contributed by atoms with Gasteiger partial charge in [-0.25, -0.2) is 0 Å². The number of guanidine groups is 1. The molecule has 0 amide bonds. The molecule has 1 N–H and O–H groups in total. The Bertz CT molecular complexity index is 380. The molecule has 2 aliphatic rings. The average molecular weight is 355 g/mol. The van der Waals surface area contributed by atoms with E-state index in [4.69, 9.17) is 14.5 Å². The number of hydrogen-bond donors (Lipinski definition) is 1. The standard InChI is InChI=1S/C19H38N4O2/c1-4-20-19(22(3)8-5-18-6-11-24-12-7-18)21-15-17(2)16-23-9-13-25-14-10-23/h17-18H,4-16H2,1-3H3,(H,20,21). The highest BCUT2D eigenvalue weighted by Crippen LogP contribution is 2.18. The minimum Gasteiger partial charge on any atom is -0.381 e. The molecule has 1 unspecified atom stereocenters. The lowest BCUT2D eigenvalue weighted by Gasteiger charge is -2.29. The van der Waals surface area contributed by atoms with Gasteiger partial charge in [0.1, 0.15) is 0 Å². The molecule has 2 rings (SSSR count). The van der Waals surface area contributed by atoms with Crippen molar-refractivity contribution in [1.29, 1.82) is 0 Å². The van der Waals surface area contributed by atoms with Gasteiger partial charge >= 0.3 is 0 Å². The zero-order valence-corrected chi connectivity index (χ0v) is 16.5. The molecule has 2 aliphatic heterocycles. The third kappa shape index (κ3) is 7.92. The van der Waals surface area contributed by atoms with E-state index in [1.54, 1.807) is 0 Å². The number of ether oxygens (including phenoxy) is 2. The Morgan fingerprint density at radius 3 is 2.56 bits per heavy atom. The Morgan fingerprint density at radius 2 is 1.88 bits per heavy atom. The van der Waals surface area contributed by atoms with Crippen LogP contribution in [0.1, 0.15) is 33.1 Å². The molecule has 6 heteroatoms. The highest BCUT2D eigenvalue weighted by molar-refractivity contribution is 5.79. The summed E-state index contributed by atoms with van der Waals surface area (Å²) < 4.78 is 10.9. The van der Waals surface area contributed by atoms with E-state index in [-0.39, 0.29) is 0 Å². The fourth-order valence-electron chi connectivity index (χ4n) is 3.51. The van der Waals surface area contributed by atoms with E-state index < -0.39 is 0 Å². The van der Waals surface area contributed by atoms with Crippen LogP contribution in [0.2, 0.25) is 0 Å². The average Bonchev–Trinajstić information content (AvgIpc) is 2.65. The highest BCUT2D eigenvalue weighted by Gasteiger charge is 2.16. The van der Waals surface area contributed by atoms with E-state index in [0.717, 1.165) is 77.6 Å². The number of rotatable bonds is 8. The van der Waals surface area contributed by atoms with Crippen molar-refractivity contribution >= 4 is 5.96 Å². The van der Waals surface area contributed by atoms with Crippen LogP contribution in [0.15, 0.2) is 4.99 Å². The van der Waals surface area contributed by atoms with Crippen molar-refractivity contribution in [2.75, 3.05) is 72.7 Å². The number of nitrogens with one attached hydrogen (secondary N) is 1. The predicted molar refractivity (Wildman–Crippen MR) is 103 cm³/mol. The fraction of sp³-hybridized carbons (Fsp3) is 0.947. The summed E-state index contributed by atoms with van der Waals surface area (Å²) in [5, 5.41) is 3.45. The first-order chi connectivity index (χ1) is 12.2. The molecule has 0 aliphatic carbocycles. The molecule has 25 heavy (non-hydrogen) atoms. The lowest BCUT2D eigenvalue weighted by atomic mass is 9.96. The molecule has 146 valence electrons. The Hall–Kier alpha value is -0.850. The maximum Gasteiger partial charge on any atom is 0.193 e. The van der Waals surface area contributed by atoms with Crippen LogP contribution in [0.4, 0.5) is 0 Å². The van der Waals surface area contributed by atoms with Gasteiger partial charge in [-0.15, -0.1) is 0 Å². The van der Waals surface area contributed by atoms with Crippen molar-refractivity contribution in [3.05, 3.63) is 0 Å². The van der Waals surface area contributed by atoms with Crippen molar-refractivity contribution in [2.45, 2.75) is 33.1 Å². The zero-order chi connectivity index (χ0) is 17.9. The normalized spacial score (nSPS) is 22.0. The Balaban J connectivity index is 1.74. The van der Waals surface area contributed by atoms with E-state index >= 15 is 0 Å². The number of nitrogens with zero attached hydrogens (tertiary/aromatic N) is 3. The van der Waals surface area contributed by atoms with Crippen LogP contribution < -0.4 is 5.32 Å². The van der Waals surface area contributed by atoms with Gasteiger partial charge in [-0.1, -0.05) is 6.92 Å². The quantitative estimate of drug-likeness (QED) is 0.531. The summed E-state index contributed by atoms with van der Waals surface area (Å²) in [5.41, 5.74) is 0. The van der Waals surface area contributed by atoms with Gasteiger partial charge in [0.25, 0.3) is 0 Å². The van der Waals surface area contributed by atoms with Gasteiger partial charge in [-0.05, 0) is 38.0 Å². The molecule has 0 aromatic rings. The molecule has 2 heterocycles.